The summed E-state index contributed by atoms with van der Waals surface area (Å²) in [6.45, 7) is 3.98. The molecule has 2 saturated heterocycles. The van der Waals surface area contributed by atoms with Crippen LogP contribution in [-0.4, -0.2) is 49.6 Å². The van der Waals surface area contributed by atoms with Crippen molar-refractivity contribution < 1.29 is 9.18 Å². The number of carbonyl (C=O) groups excluding carboxylic acids is 1. The molecule has 1 aromatic rings. The highest BCUT2D eigenvalue weighted by atomic mass is 19.1. The van der Waals surface area contributed by atoms with Crippen LogP contribution in [0.1, 0.15) is 25.7 Å². The van der Waals surface area contributed by atoms with Gasteiger partial charge in [-0.2, -0.15) is 0 Å². The van der Waals surface area contributed by atoms with Crippen LogP contribution in [0.3, 0.4) is 0 Å². The van der Waals surface area contributed by atoms with Crippen LogP contribution < -0.4 is 10.2 Å². The molecule has 4 nitrogen and oxygen atoms in total. The first-order valence-electron chi connectivity index (χ1n) is 9.13. The number of rotatable bonds is 5. The van der Waals surface area contributed by atoms with Gasteiger partial charge in [-0.15, -0.1) is 6.42 Å². The summed E-state index contributed by atoms with van der Waals surface area (Å²) >= 11 is 0. The van der Waals surface area contributed by atoms with E-state index in [-0.39, 0.29) is 17.8 Å². The van der Waals surface area contributed by atoms with Crippen molar-refractivity contribution in [2.24, 2.45) is 5.92 Å². The first-order chi connectivity index (χ1) is 12.2. The molecule has 2 heterocycles. The molecule has 2 aliphatic rings. The standard InChI is InChI=1S/C20H26FN3O/c1-2-11-23-12-4-3-5-19(23)20(25)22-14-16-10-13-24(15-16)18-8-6-17(21)7-9-18/h1,6-9,16,19H,3-5,10-15H2,(H,22,25)/t16-,19+/m0/s1. The minimum Gasteiger partial charge on any atom is -0.371 e. The third-order valence-corrected chi connectivity index (χ3v) is 5.25. The summed E-state index contributed by atoms with van der Waals surface area (Å²) in [7, 11) is 0. The van der Waals surface area contributed by atoms with E-state index in [2.05, 4.69) is 21.0 Å². The Balaban J connectivity index is 1.48. The zero-order valence-electron chi connectivity index (χ0n) is 14.6. The smallest absolute Gasteiger partial charge is 0.237 e. The van der Waals surface area contributed by atoms with Crippen molar-refractivity contribution in [1.82, 2.24) is 10.2 Å². The fraction of sp³-hybridized carbons (Fsp3) is 0.550. The number of piperidine rings is 1. The van der Waals surface area contributed by atoms with Crippen LogP contribution in [0, 0.1) is 24.1 Å². The lowest BCUT2D eigenvalue weighted by Crippen LogP contribution is -2.50. The minimum atomic E-state index is -0.212. The Morgan fingerprint density at radius 2 is 2.04 bits per heavy atom. The molecule has 0 radical (unpaired) electrons. The van der Waals surface area contributed by atoms with E-state index in [9.17, 15) is 9.18 Å². The molecule has 3 rings (SSSR count). The molecule has 0 unspecified atom stereocenters. The molecule has 0 aromatic heterocycles. The molecule has 134 valence electrons. The molecule has 2 atom stereocenters. The molecular formula is C20H26FN3O. The quantitative estimate of drug-likeness (QED) is 0.833. The first kappa shape index (κ1) is 17.8. The Morgan fingerprint density at radius 3 is 2.80 bits per heavy atom. The summed E-state index contributed by atoms with van der Waals surface area (Å²) in [6.07, 6.45) is 9.55. The van der Waals surface area contributed by atoms with Gasteiger partial charge in [0.1, 0.15) is 5.82 Å². The average Bonchev–Trinajstić information content (AvgIpc) is 3.10. The summed E-state index contributed by atoms with van der Waals surface area (Å²) in [5, 5.41) is 3.13. The van der Waals surface area contributed by atoms with E-state index >= 15 is 0 Å². The maximum Gasteiger partial charge on any atom is 0.237 e. The van der Waals surface area contributed by atoms with Gasteiger partial charge >= 0.3 is 0 Å². The topological polar surface area (TPSA) is 35.6 Å². The van der Waals surface area contributed by atoms with Crippen LogP contribution in [0.4, 0.5) is 10.1 Å². The number of anilines is 1. The largest absolute Gasteiger partial charge is 0.371 e. The van der Waals surface area contributed by atoms with Crippen LogP contribution in [0.15, 0.2) is 24.3 Å². The van der Waals surface area contributed by atoms with E-state index in [0.29, 0.717) is 19.0 Å². The fourth-order valence-corrected chi connectivity index (χ4v) is 3.84. The highest BCUT2D eigenvalue weighted by Crippen LogP contribution is 2.24. The molecule has 1 aromatic carbocycles. The van der Waals surface area contributed by atoms with Gasteiger partial charge in [0, 0.05) is 25.3 Å². The second kappa shape index (κ2) is 8.35. The third-order valence-electron chi connectivity index (χ3n) is 5.25. The van der Waals surface area contributed by atoms with Gasteiger partial charge in [0.05, 0.1) is 12.6 Å². The van der Waals surface area contributed by atoms with E-state index in [1.807, 2.05) is 12.1 Å². The van der Waals surface area contributed by atoms with E-state index in [0.717, 1.165) is 51.0 Å². The van der Waals surface area contributed by atoms with E-state index in [1.165, 1.54) is 12.1 Å². The Hall–Kier alpha value is -2.06. The second-order valence-electron chi connectivity index (χ2n) is 7.01. The van der Waals surface area contributed by atoms with Gasteiger partial charge in [0.25, 0.3) is 0 Å². The minimum absolute atomic E-state index is 0.0839. The summed E-state index contributed by atoms with van der Waals surface area (Å²) < 4.78 is 13.0. The molecule has 5 heteroatoms. The maximum absolute atomic E-state index is 13.0. The molecule has 0 aliphatic carbocycles. The molecular weight excluding hydrogens is 317 g/mol. The Kier molecular flexibility index (Phi) is 5.93. The van der Waals surface area contributed by atoms with Crippen molar-refractivity contribution in [3.63, 3.8) is 0 Å². The van der Waals surface area contributed by atoms with Crippen LogP contribution in [0.2, 0.25) is 0 Å². The number of nitrogens with one attached hydrogen (secondary N) is 1. The fourth-order valence-electron chi connectivity index (χ4n) is 3.84. The SMILES string of the molecule is C#CCN1CCCC[C@@H]1C(=O)NC[C@@H]1CCN(c2ccc(F)cc2)C1. The van der Waals surface area contributed by atoms with Gasteiger partial charge in [0.15, 0.2) is 0 Å². The van der Waals surface area contributed by atoms with Crippen molar-refractivity contribution in [3.8, 4) is 12.3 Å². The van der Waals surface area contributed by atoms with Crippen LogP contribution in [-0.2, 0) is 4.79 Å². The van der Waals surface area contributed by atoms with E-state index in [1.54, 1.807) is 0 Å². The van der Waals surface area contributed by atoms with Crippen molar-refractivity contribution in [2.75, 3.05) is 37.6 Å². The lowest BCUT2D eigenvalue weighted by molar-refractivity contribution is -0.127. The normalized spacial score (nSPS) is 24.1. The Morgan fingerprint density at radius 1 is 1.24 bits per heavy atom. The number of hydrogen-bond donors (Lipinski definition) is 1. The molecule has 1 N–H and O–H groups in total. The lowest BCUT2D eigenvalue weighted by Gasteiger charge is -2.33. The van der Waals surface area contributed by atoms with Crippen molar-refractivity contribution in [3.05, 3.63) is 30.1 Å². The van der Waals surface area contributed by atoms with E-state index in [4.69, 9.17) is 6.42 Å². The predicted molar refractivity (Wildman–Crippen MR) is 97.8 cm³/mol. The van der Waals surface area contributed by atoms with Crippen LogP contribution >= 0.6 is 0 Å². The number of nitrogens with zero attached hydrogens (tertiary/aromatic N) is 2. The van der Waals surface area contributed by atoms with Gasteiger partial charge in [0.2, 0.25) is 5.91 Å². The highest BCUT2D eigenvalue weighted by molar-refractivity contribution is 5.81. The van der Waals surface area contributed by atoms with Crippen molar-refractivity contribution >= 4 is 11.6 Å². The van der Waals surface area contributed by atoms with Crippen molar-refractivity contribution in [2.45, 2.75) is 31.7 Å². The highest BCUT2D eigenvalue weighted by Gasteiger charge is 2.29. The van der Waals surface area contributed by atoms with Gasteiger partial charge in [-0.05, 0) is 56.0 Å². The summed E-state index contributed by atoms with van der Waals surface area (Å²) in [5.74, 6) is 2.98. The third kappa shape index (κ3) is 4.52. The van der Waals surface area contributed by atoms with Gasteiger partial charge in [-0.25, -0.2) is 4.39 Å². The van der Waals surface area contributed by atoms with Crippen LogP contribution in [0.25, 0.3) is 0 Å². The number of halogens is 1. The zero-order chi connectivity index (χ0) is 17.6. The van der Waals surface area contributed by atoms with Crippen LogP contribution in [0.5, 0.6) is 0 Å². The molecule has 1 amide bonds. The number of carbonyl (C=O) groups is 1. The predicted octanol–water partition coefficient (Wildman–Crippen LogP) is 2.26. The summed E-state index contributed by atoms with van der Waals surface area (Å²) in [5.41, 5.74) is 1.04. The second-order valence-corrected chi connectivity index (χ2v) is 7.01. The molecule has 0 spiro atoms. The Labute approximate surface area is 149 Å². The molecule has 0 bridgehead atoms. The maximum atomic E-state index is 13.0. The van der Waals surface area contributed by atoms with Gasteiger partial charge in [-0.3, -0.25) is 9.69 Å². The number of benzene rings is 1. The van der Waals surface area contributed by atoms with E-state index < -0.39 is 0 Å². The number of hydrogen-bond acceptors (Lipinski definition) is 3. The van der Waals surface area contributed by atoms with Crippen molar-refractivity contribution in [1.29, 1.82) is 0 Å². The molecule has 0 saturated carbocycles. The lowest BCUT2D eigenvalue weighted by atomic mass is 10.0. The number of amides is 1. The summed E-state index contributed by atoms with van der Waals surface area (Å²) in [6, 6.07) is 6.53. The number of terminal acetylenes is 1. The zero-order valence-corrected chi connectivity index (χ0v) is 14.6. The number of likely N-dealkylation sites (tertiary alicyclic amines) is 1. The molecule has 2 aliphatic heterocycles. The van der Waals surface area contributed by atoms with Gasteiger partial charge < -0.3 is 10.2 Å². The molecule has 25 heavy (non-hydrogen) atoms. The molecule has 2 fully saturated rings. The van der Waals surface area contributed by atoms with Gasteiger partial charge in [-0.1, -0.05) is 12.3 Å². The summed E-state index contributed by atoms with van der Waals surface area (Å²) in [4.78, 5) is 16.9. The average molecular weight is 343 g/mol. The first-order valence-corrected chi connectivity index (χ1v) is 9.13. The monoisotopic (exact) mass is 343 g/mol. The Bertz CT molecular complexity index is 625.